The monoisotopic (exact) mass is 542 g/mol. The Bertz CT molecular complexity index is 925. The Hall–Kier alpha value is -1.56. The Morgan fingerprint density at radius 3 is 1.87 bits per heavy atom. The molecule has 2 aromatic carbocycles. The van der Waals surface area contributed by atoms with Crippen LogP contribution in [0.15, 0.2) is 69.6 Å². The third-order valence-corrected chi connectivity index (χ3v) is 10.7. The van der Waals surface area contributed by atoms with Crippen molar-refractivity contribution >= 4 is 50.6 Å². The van der Waals surface area contributed by atoms with E-state index in [4.69, 9.17) is 4.43 Å². The SMILES string of the molecule is CC#CC(C#CCCCO[Si](c1ccccc1)(c1ccccc1)C(C)(C)C)=C(Br)Br. The first-order valence-corrected chi connectivity index (χ1v) is 13.5. The van der Waals surface area contributed by atoms with E-state index in [1.54, 1.807) is 0 Å². The highest BCUT2D eigenvalue weighted by Crippen LogP contribution is 2.36. The zero-order valence-corrected chi connectivity index (χ0v) is 22.2. The first kappa shape index (κ1) is 24.7. The molecule has 0 aliphatic carbocycles. The number of hydrogen-bond acceptors (Lipinski definition) is 1. The van der Waals surface area contributed by atoms with Crippen LogP contribution in [0, 0.1) is 23.7 Å². The summed E-state index contributed by atoms with van der Waals surface area (Å²) in [5.41, 5.74) is 0.769. The molecule has 0 radical (unpaired) electrons. The van der Waals surface area contributed by atoms with Gasteiger partial charge in [0.2, 0.25) is 0 Å². The Morgan fingerprint density at radius 1 is 0.900 bits per heavy atom. The number of rotatable bonds is 6. The maximum absolute atomic E-state index is 6.88. The Labute approximate surface area is 199 Å². The van der Waals surface area contributed by atoms with E-state index in [0.717, 1.165) is 21.8 Å². The van der Waals surface area contributed by atoms with E-state index in [-0.39, 0.29) is 5.04 Å². The Morgan fingerprint density at radius 2 is 1.43 bits per heavy atom. The average molecular weight is 544 g/mol. The highest BCUT2D eigenvalue weighted by atomic mass is 79.9. The van der Waals surface area contributed by atoms with Crippen LogP contribution in [-0.4, -0.2) is 14.9 Å². The zero-order chi connectivity index (χ0) is 22.0. The molecule has 0 aliphatic heterocycles. The van der Waals surface area contributed by atoms with Crippen LogP contribution in [0.4, 0.5) is 0 Å². The van der Waals surface area contributed by atoms with Gasteiger partial charge in [0.1, 0.15) is 0 Å². The van der Waals surface area contributed by atoms with E-state index >= 15 is 0 Å². The molecular weight excluding hydrogens is 516 g/mol. The van der Waals surface area contributed by atoms with Crippen molar-refractivity contribution in [2.24, 2.45) is 0 Å². The molecule has 2 aromatic rings. The maximum atomic E-state index is 6.88. The van der Waals surface area contributed by atoms with Crippen molar-refractivity contribution in [3.63, 3.8) is 0 Å². The van der Waals surface area contributed by atoms with E-state index in [9.17, 15) is 0 Å². The minimum absolute atomic E-state index is 0.00512. The van der Waals surface area contributed by atoms with Crippen molar-refractivity contribution < 1.29 is 4.43 Å². The molecule has 1 nitrogen and oxygen atoms in total. The van der Waals surface area contributed by atoms with Crippen LogP contribution in [0.2, 0.25) is 5.04 Å². The molecule has 0 saturated heterocycles. The summed E-state index contributed by atoms with van der Waals surface area (Å²) in [4.78, 5) is 0. The fraction of sp³-hybridized carbons (Fsp3) is 0.308. The minimum atomic E-state index is -2.46. The van der Waals surface area contributed by atoms with Crippen LogP contribution in [-0.2, 0) is 4.43 Å². The highest BCUT2D eigenvalue weighted by molar-refractivity contribution is 9.28. The van der Waals surface area contributed by atoms with Crippen molar-refractivity contribution in [1.29, 1.82) is 0 Å². The van der Waals surface area contributed by atoms with Gasteiger partial charge < -0.3 is 4.43 Å². The van der Waals surface area contributed by atoms with Gasteiger partial charge in [0.25, 0.3) is 8.32 Å². The molecule has 0 saturated carbocycles. The van der Waals surface area contributed by atoms with Crippen molar-refractivity contribution in [3.05, 3.63) is 69.6 Å². The molecule has 0 aromatic heterocycles. The number of unbranched alkanes of at least 4 members (excludes halogenated alkanes) is 1. The van der Waals surface area contributed by atoms with Gasteiger partial charge in [-0.2, -0.15) is 0 Å². The highest BCUT2D eigenvalue weighted by Gasteiger charge is 2.49. The molecule has 0 fully saturated rings. The summed E-state index contributed by atoms with van der Waals surface area (Å²) in [6.45, 7) is 9.38. The van der Waals surface area contributed by atoms with Gasteiger partial charge >= 0.3 is 0 Å². The lowest BCUT2D eigenvalue weighted by Gasteiger charge is -2.43. The molecule has 156 valence electrons. The van der Waals surface area contributed by atoms with Crippen LogP contribution in [0.25, 0.3) is 0 Å². The van der Waals surface area contributed by atoms with Gasteiger partial charge in [-0.05, 0) is 60.6 Å². The largest absolute Gasteiger partial charge is 0.407 e. The third kappa shape index (κ3) is 6.22. The molecular formula is C26H28Br2OSi. The Balaban J connectivity index is 2.26. The van der Waals surface area contributed by atoms with E-state index in [1.807, 2.05) is 6.92 Å². The number of benzene rings is 2. The van der Waals surface area contributed by atoms with Gasteiger partial charge in [-0.1, -0.05) is 99.2 Å². The van der Waals surface area contributed by atoms with Crippen LogP contribution in [0.3, 0.4) is 0 Å². The first-order chi connectivity index (χ1) is 14.3. The summed E-state index contributed by atoms with van der Waals surface area (Å²) in [5.74, 6) is 12.2. The summed E-state index contributed by atoms with van der Waals surface area (Å²) < 4.78 is 7.67. The van der Waals surface area contributed by atoms with Crippen molar-refractivity contribution in [3.8, 4) is 23.7 Å². The van der Waals surface area contributed by atoms with E-state index in [0.29, 0.717) is 6.61 Å². The minimum Gasteiger partial charge on any atom is -0.407 e. The summed E-state index contributed by atoms with van der Waals surface area (Å²) in [5, 5.41) is 2.61. The van der Waals surface area contributed by atoms with E-state index in [1.165, 1.54) is 10.4 Å². The molecule has 4 heteroatoms. The molecule has 0 atom stereocenters. The molecule has 0 spiro atoms. The zero-order valence-electron chi connectivity index (χ0n) is 18.1. The Kier molecular flexibility index (Phi) is 9.66. The molecule has 0 amide bonds. The maximum Gasteiger partial charge on any atom is 0.261 e. The van der Waals surface area contributed by atoms with Crippen molar-refractivity contribution in [1.82, 2.24) is 0 Å². The smallest absolute Gasteiger partial charge is 0.261 e. The average Bonchev–Trinajstić information content (AvgIpc) is 2.72. The summed E-state index contributed by atoms with van der Waals surface area (Å²) in [6.07, 6.45) is 1.64. The van der Waals surface area contributed by atoms with Gasteiger partial charge in [-0.3, -0.25) is 0 Å². The van der Waals surface area contributed by atoms with Gasteiger partial charge in [-0.25, -0.2) is 0 Å². The van der Waals surface area contributed by atoms with E-state index in [2.05, 4.69) is 137 Å². The fourth-order valence-electron chi connectivity index (χ4n) is 3.55. The molecule has 0 N–H and O–H groups in total. The summed E-state index contributed by atoms with van der Waals surface area (Å²) in [6, 6.07) is 21.5. The van der Waals surface area contributed by atoms with Crippen molar-refractivity contribution in [2.45, 2.75) is 45.6 Å². The molecule has 0 unspecified atom stereocenters. The second-order valence-corrected chi connectivity index (χ2v) is 14.9. The number of hydrogen-bond donors (Lipinski definition) is 0. The predicted octanol–water partition coefficient (Wildman–Crippen LogP) is 6.37. The van der Waals surface area contributed by atoms with Gasteiger partial charge in [0, 0.05) is 13.0 Å². The third-order valence-electron chi connectivity index (χ3n) is 4.83. The normalized spacial score (nSPS) is 11.0. The number of allylic oxidation sites excluding steroid dienone is 1. The van der Waals surface area contributed by atoms with Gasteiger partial charge in [0.05, 0.1) is 8.96 Å². The van der Waals surface area contributed by atoms with Gasteiger partial charge in [-0.15, -0.1) is 5.92 Å². The standard InChI is InChI=1S/C26H28Br2OSi/c1-5-15-22(25(27)28)16-9-8-14-21-29-30(26(2,3)4,23-17-10-6-11-18-23)24-19-12-7-13-20-24/h6-7,10-13,17-20H,8,14,21H2,1-4H3. The molecule has 0 bridgehead atoms. The van der Waals surface area contributed by atoms with E-state index < -0.39 is 8.32 Å². The molecule has 0 aliphatic rings. The molecule has 0 heterocycles. The van der Waals surface area contributed by atoms with Crippen molar-refractivity contribution in [2.75, 3.05) is 6.61 Å². The predicted molar refractivity (Wildman–Crippen MR) is 139 cm³/mol. The summed E-state index contributed by atoms with van der Waals surface area (Å²) in [7, 11) is -2.46. The molecule has 2 rings (SSSR count). The number of halogens is 2. The van der Waals surface area contributed by atoms with Crippen LogP contribution in [0.5, 0.6) is 0 Å². The van der Waals surface area contributed by atoms with Crippen LogP contribution < -0.4 is 10.4 Å². The topological polar surface area (TPSA) is 9.23 Å². The quantitative estimate of drug-likeness (QED) is 0.233. The molecule has 30 heavy (non-hydrogen) atoms. The summed E-state index contributed by atoms with van der Waals surface area (Å²) >= 11 is 6.79. The van der Waals surface area contributed by atoms with Gasteiger partial charge in [0.15, 0.2) is 0 Å². The lowest BCUT2D eigenvalue weighted by Crippen LogP contribution is -2.66. The van der Waals surface area contributed by atoms with Crippen LogP contribution >= 0.6 is 31.9 Å². The van der Waals surface area contributed by atoms with Crippen LogP contribution in [0.1, 0.15) is 40.5 Å². The lowest BCUT2D eigenvalue weighted by molar-refractivity contribution is 0.293. The fourth-order valence-corrected chi connectivity index (χ4v) is 8.55. The second kappa shape index (κ2) is 11.7. The first-order valence-electron chi connectivity index (χ1n) is 10.0. The lowest BCUT2D eigenvalue weighted by atomic mass is 10.2. The second-order valence-electron chi connectivity index (χ2n) is 7.93.